The number of rotatable bonds is 9. The van der Waals surface area contributed by atoms with Gasteiger partial charge in [-0.05, 0) is 44.2 Å². The summed E-state index contributed by atoms with van der Waals surface area (Å²) in [5, 5.41) is 16.5. The van der Waals surface area contributed by atoms with Crippen molar-refractivity contribution in [2.24, 2.45) is 13.0 Å². The van der Waals surface area contributed by atoms with Gasteiger partial charge in [0.05, 0.1) is 5.69 Å². The van der Waals surface area contributed by atoms with Crippen LogP contribution >= 0.6 is 0 Å². The SMILES string of the molecule is Cc1nn(C)c(C)c1CC(C)C(=O)NC(CCC(=O)O)Cc1ccccc1. The lowest BCUT2D eigenvalue weighted by Gasteiger charge is -2.21. The van der Waals surface area contributed by atoms with Gasteiger partial charge in [0.1, 0.15) is 0 Å². The lowest BCUT2D eigenvalue weighted by Crippen LogP contribution is -2.40. The lowest BCUT2D eigenvalue weighted by atomic mass is 9.97. The van der Waals surface area contributed by atoms with E-state index in [-0.39, 0.29) is 24.3 Å². The van der Waals surface area contributed by atoms with Gasteiger partial charge in [-0.3, -0.25) is 14.3 Å². The number of hydrogen-bond acceptors (Lipinski definition) is 3. The molecule has 1 heterocycles. The van der Waals surface area contributed by atoms with Crippen LogP contribution in [0.2, 0.25) is 0 Å². The summed E-state index contributed by atoms with van der Waals surface area (Å²) < 4.78 is 1.83. The fourth-order valence-corrected chi connectivity index (χ4v) is 3.28. The third-order valence-electron chi connectivity index (χ3n) is 4.99. The third kappa shape index (κ3) is 5.94. The van der Waals surface area contributed by atoms with E-state index >= 15 is 0 Å². The summed E-state index contributed by atoms with van der Waals surface area (Å²) in [6.07, 6.45) is 1.69. The minimum absolute atomic E-state index is 0.0347. The van der Waals surface area contributed by atoms with Crippen molar-refractivity contribution < 1.29 is 14.7 Å². The van der Waals surface area contributed by atoms with Crippen LogP contribution < -0.4 is 5.32 Å². The molecule has 0 fully saturated rings. The van der Waals surface area contributed by atoms with E-state index in [4.69, 9.17) is 5.11 Å². The second-order valence-corrected chi connectivity index (χ2v) is 7.21. The Labute approximate surface area is 160 Å². The number of carboxylic acid groups (broad SMARTS) is 1. The van der Waals surface area contributed by atoms with Crippen molar-refractivity contribution in [2.45, 2.75) is 52.5 Å². The molecule has 0 spiro atoms. The zero-order valence-electron chi connectivity index (χ0n) is 16.5. The van der Waals surface area contributed by atoms with E-state index in [1.165, 1.54) is 0 Å². The number of carbonyl (C=O) groups is 2. The molecule has 0 saturated heterocycles. The molecular formula is C21H29N3O3. The molecule has 27 heavy (non-hydrogen) atoms. The number of carbonyl (C=O) groups excluding carboxylic acids is 1. The average molecular weight is 371 g/mol. The molecule has 6 heteroatoms. The molecule has 0 aliphatic rings. The van der Waals surface area contributed by atoms with Crippen molar-refractivity contribution in [1.82, 2.24) is 15.1 Å². The topological polar surface area (TPSA) is 84.2 Å². The molecule has 146 valence electrons. The van der Waals surface area contributed by atoms with Crippen LogP contribution in [0.15, 0.2) is 30.3 Å². The second-order valence-electron chi connectivity index (χ2n) is 7.21. The van der Waals surface area contributed by atoms with Crippen molar-refractivity contribution in [3.05, 3.63) is 52.8 Å². The van der Waals surface area contributed by atoms with E-state index < -0.39 is 5.97 Å². The van der Waals surface area contributed by atoms with Gasteiger partial charge in [0, 0.05) is 31.1 Å². The Balaban J connectivity index is 2.03. The fourth-order valence-electron chi connectivity index (χ4n) is 3.28. The first kappa shape index (κ1) is 20.7. The Kier molecular flexibility index (Phi) is 7.16. The van der Waals surface area contributed by atoms with Gasteiger partial charge in [-0.15, -0.1) is 0 Å². The number of nitrogens with zero attached hydrogens (tertiary/aromatic N) is 2. The molecule has 2 N–H and O–H groups in total. The highest BCUT2D eigenvalue weighted by Crippen LogP contribution is 2.17. The van der Waals surface area contributed by atoms with Gasteiger partial charge in [0.25, 0.3) is 0 Å². The average Bonchev–Trinajstić information content (AvgIpc) is 2.86. The molecule has 6 nitrogen and oxygen atoms in total. The molecule has 0 radical (unpaired) electrons. The number of hydrogen-bond donors (Lipinski definition) is 2. The van der Waals surface area contributed by atoms with Crippen LogP contribution in [0.25, 0.3) is 0 Å². The lowest BCUT2D eigenvalue weighted by molar-refractivity contribution is -0.137. The van der Waals surface area contributed by atoms with Gasteiger partial charge in [-0.25, -0.2) is 0 Å². The summed E-state index contributed by atoms with van der Waals surface area (Å²) in [7, 11) is 1.90. The maximum Gasteiger partial charge on any atom is 0.303 e. The van der Waals surface area contributed by atoms with Gasteiger partial charge >= 0.3 is 5.97 Å². The number of amides is 1. The largest absolute Gasteiger partial charge is 0.481 e. The van der Waals surface area contributed by atoms with E-state index in [0.29, 0.717) is 19.3 Å². The number of nitrogens with one attached hydrogen (secondary N) is 1. The van der Waals surface area contributed by atoms with Gasteiger partial charge < -0.3 is 10.4 Å². The predicted octanol–water partition coefficient (Wildman–Crippen LogP) is 2.81. The zero-order valence-corrected chi connectivity index (χ0v) is 16.5. The van der Waals surface area contributed by atoms with E-state index in [9.17, 15) is 9.59 Å². The Morgan fingerprint density at radius 1 is 1.19 bits per heavy atom. The standard InChI is InChI=1S/C21H29N3O3/c1-14(12-19-15(2)23-24(4)16(19)3)21(27)22-18(10-11-20(25)26)13-17-8-6-5-7-9-17/h5-9,14,18H,10-13H2,1-4H3,(H,22,27)(H,25,26). The maximum atomic E-state index is 12.7. The van der Waals surface area contributed by atoms with Gasteiger partial charge in [0.2, 0.25) is 5.91 Å². The molecule has 1 aromatic heterocycles. The van der Waals surface area contributed by atoms with Crippen LogP contribution in [0.4, 0.5) is 0 Å². The zero-order chi connectivity index (χ0) is 20.0. The van der Waals surface area contributed by atoms with Crippen molar-refractivity contribution in [2.75, 3.05) is 0 Å². The first-order chi connectivity index (χ1) is 12.8. The number of benzene rings is 1. The summed E-state index contributed by atoms with van der Waals surface area (Å²) in [4.78, 5) is 23.7. The van der Waals surface area contributed by atoms with E-state index in [0.717, 1.165) is 22.5 Å². The van der Waals surface area contributed by atoms with Crippen LogP contribution in [-0.2, 0) is 29.5 Å². The number of aromatic nitrogens is 2. The van der Waals surface area contributed by atoms with Gasteiger partial charge in [0.15, 0.2) is 0 Å². The molecule has 0 bridgehead atoms. The summed E-state index contributed by atoms with van der Waals surface area (Å²) in [6, 6.07) is 9.62. The maximum absolute atomic E-state index is 12.7. The Morgan fingerprint density at radius 3 is 2.41 bits per heavy atom. The van der Waals surface area contributed by atoms with Crippen LogP contribution in [0, 0.1) is 19.8 Å². The summed E-state index contributed by atoms with van der Waals surface area (Å²) in [5.74, 6) is -1.12. The van der Waals surface area contributed by atoms with E-state index in [2.05, 4.69) is 10.4 Å². The Hall–Kier alpha value is -2.63. The Morgan fingerprint density at radius 2 is 1.85 bits per heavy atom. The minimum Gasteiger partial charge on any atom is -0.481 e. The molecule has 2 aromatic rings. The number of aliphatic carboxylic acids is 1. The second kappa shape index (κ2) is 9.35. The highest BCUT2D eigenvalue weighted by Gasteiger charge is 2.21. The Bertz CT molecular complexity index is 783. The van der Waals surface area contributed by atoms with E-state index in [1.807, 2.05) is 62.8 Å². The number of carboxylic acids is 1. The molecule has 1 aromatic carbocycles. The van der Waals surface area contributed by atoms with Crippen molar-refractivity contribution in [1.29, 1.82) is 0 Å². The first-order valence-corrected chi connectivity index (χ1v) is 9.33. The van der Waals surface area contributed by atoms with Crippen LogP contribution in [0.3, 0.4) is 0 Å². The number of aryl methyl sites for hydroxylation is 2. The molecular weight excluding hydrogens is 342 g/mol. The summed E-state index contributed by atoms with van der Waals surface area (Å²) >= 11 is 0. The molecule has 2 unspecified atom stereocenters. The molecule has 0 aliphatic heterocycles. The molecule has 2 atom stereocenters. The van der Waals surface area contributed by atoms with Crippen molar-refractivity contribution in [3.8, 4) is 0 Å². The monoisotopic (exact) mass is 371 g/mol. The summed E-state index contributed by atoms with van der Waals surface area (Å²) in [6.45, 7) is 5.86. The summed E-state index contributed by atoms with van der Waals surface area (Å²) in [5.41, 5.74) is 4.20. The van der Waals surface area contributed by atoms with Gasteiger partial charge in [-0.1, -0.05) is 37.3 Å². The highest BCUT2D eigenvalue weighted by atomic mass is 16.4. The van der Waals surface area contributed by atoms with Gasteiger partial charge in [-0.2, -0.15) is 5.10 Å². The minimum atomic E-state index is -0.850. The smallest absolute Gasteiger partial charge is 0.303 e. The first-order valence-electron chi connectivity index (χ1n) is 9.33. The predicted molar refractivity (Wildman–Crippen MR) is 104 cm³/mol. The third-order valence-corrected chi connectivity index (χ3v) is 4.99. The van der Waals surface area contributed by atoms with Crippen LogP contribution in [-0.4, -0.2) is 32.8 Å². The fraction of sp³-hybridized carbons (Fsp3) is 0.476. The van der Waals surface area contributed by atoms with Crippen molar-refractivity contribution in [3.63, 3.8) is 0 Å². The molecule has 1 amide bonds. The van der Waals surface area contributed by atoms with E-state index in [1.54, 1.807) is 0 Å². The molecule has 0 aliphatic carbocycles. The highest BCUT2D eigenvalue weighted by molar-refractivity contribution is 5.79. The van der Waals surface area contributed by atoms with Crippen LogP contribution in [0.5, 0.6) is 0 Å². The van der Waals surface area contributed by atoms with Crippen LogP contribution in [0.1, 0.15) is 42.3 Å². The quantitative estimate of drug-likeness (QED) is 0.710. The molecule has 0 saturated carbocycles. The molecule has 2 rings (SSSR count). The van der Waals surface area contributed by atoms with Crippen molar-refractivity contribution >= 4 is 11.9 Å². The normalized spacial score (nSPS) is 13.2.